The van der Waals surface area contributed by atoms with Gasteiger partial charge >= 0.3 is 0 Å². The number of benzene rings is 3. The van der Waals surface area contributed by atoms with Crippen LogP contribution in [0.2, 0.25) is 0 Å². The maximum absolute atomic E-state index is 14.1. The van der Waals surface area contributed by atoms with E-state index >= 15 is 0 Å². The number of H-pyrrole nitrogens is 1. The molecule has 0 aliphatic heterocycles. The summed E-state index contributed by atoms with van der Waals surface area (Å²) >= 11 is 0. The molecule has 0 unspecified atom stereocenters. The Morgan fingerprint density at radius 2 is 1.77 bits per heavy atom. The van der Waals surface area contributed by atoms with E-state index in [2.05, 4.69) is 15.3 Å². The van der Waals surface area contributed by atoms with Gasteiger partial charge in [0.25, 0.3) is 5.91 Å². The van der Waals surface area contributed by atoms with Crippen molar-refractivity contribution >= 4 is 32.5 Å². The topological polar surface area (TPSA) is 91.9 Å². The number of imidazole rings is 1. The van der Waals surface area contributed by atoms with E-state index < -0.39 is 26.5 Å². The van der Waals surface area contributed by atoms with Gasteiger partial charge in [0.1, 0.15) is 16.5 Å². The van der Waals surface area contributed by atoms with E-state index in [9.17, 15) is 17.6 Å². The van der Waals surface area contributed by atoms with E-state index in [1.807, 2.05) is 36.4 Å². The Kier molecular flexibility index (Phi) is 4.87. The van der Waals surface area contributed by atoms with Crippen LogP contribution in [0.15, 0.2) is 65.6 Å². The van der Waals surface area contributed by atoms with Gasteiger partial charge in [-0.3, -0.25) is 4.79 Å². The van der Waals surface area contributed by atoms with Crippen LogP contribution in [0.4, 0.5) is 10.1 Å². The van der Waals surface area contributed by atoms with E-state index in [-0.39, 0.29) is 11.1 Å². The average molecular weight is 423 g/mol. The first kappa shape index (κ1) is 19.8. The highest BCUT2D eigenvalue weighted by atomic mass is 32.2. The highest BCUT2D eigenvalue weighted by Crippen LogP contribution is 2.24. The number of carbonyl (C=O) groups excluding carboxylic acids is 1. The first-order valence-electron chi connectivity index (χ1n) is 9.09. The van der Waals surface area contributed by atoms with Crippen LogP contribution in [0, 0.1) is 12.7 Å². The Balaban J connectivity index is 1.58. The number of amides is 1. The number of carbonyl (C=O) groups is 1. The van der Waals surface area contributed by atoms with Crippen LogP contribution in [0.1, 0.15) is 15.9 Å². The maximum Gasteiger partial charge on any atom is 0.255 e. The summed E-state index contributed by atoms with van der Waals surface area (Å²) in [6.07, 6.45) is 0.906. The van der Waals surface area contributed by atoms with Crippen molar-refractivity contribution in [2.45, 2.75) is 11.8 Å². The summed E-state index contributed by atoms with van der Waals surface area (Å²) in [7, 11) is -3.80. The standard InChI is InChI=1S/C22H18FN3O3S/c1-13-11-15(12-19(20(13)23)30(2,28)29)22(27)24-16-9-7-14(8-10-16)21-25-17-5-3-4-6-18(17)26-21/h3-12H,1-2H3,(H,24,27)(H,25,26). The van der Waals surface area contributed by atoms with Crippen LogP contribution >= 0.6 is 0 Å². The summed E-state index contributed by atoms with van der Waals surface area (Å²) in [5.41, 5.74) is 3.31. The second kappa shape index (κ2) is 7.38. The van der Waals surface area contributed by atoms with Crippen molar-refractivity contribution in [3.8, 4) is 11.4 Å². The van der Waals surface area contributed by atoms with Crippen LogP contribution in [-0.2, 0) is 9.84 Å². The number of fused-ring (bicyclic) bond motifs is 1. The fraction of sp³-hybridized carbons (Fsp3) is 0.0909. The normalized spacial score (nSPS) is 11.6. The molecule has 0 radical (unpaired) electrons. The molecule has 0 bridgehead atoms. The van der Waals surface area contributed by atoms with E-state index in [0.717, 1.165) is 28.9 Å². The lowest BCUT2D eigenvalue weighted by Crippen LogP contribution is -2.14. The molecule has 0 aliphatic rings. The van der Waals surface area contributed by atoms with E-state index in [0.29, 0.717) is 11.5 Å². The molecule has 0 saturated heterocycles. The van der Waals surface area contributed by atoms with Crippen LogP contribution < -0.4 is 5.32 Å². The number of rotatable bonds is 4. The monoisotopic (exact) mass is 423 g/mol. The van der Waals surface area contributed by atoms with Crippen LogP contribution in [-0.4, -0.2) is 30.5 Å². The number of aromatic nitrogens is 2. The van der Waals surface area contributed by atoms with Gasteiger partial charge in [0.15, 0.2) is 9.84 Å². The van der Waals surface area contributed by atoms with Crippen molar-refractivity contribution in [1.82, 2.24) is 9.97 Å². The fourth-order valence-electron chi connectivity index (χ4n) is 3.14. The number of nitrogens with one attached hydrogen (secondary N) is 2. The van der Waals surface area contributed by atoms with Crippen molar-refractivity contribution in [3.05, 3.63) is 77.6 Å². The molecule has 0 aliphatic carbocycles. The van der Waals surface area contributed by atoms with Crippen LogP contribution in [0.3, 0.4) is 0 Å². The predicted molar refractivity (Wildman–Crippen MR) is 114 cm³/mol. The van der Waals surface area contributed by atoms with Gasteiger partial charge < -0.3 is 10.3 Å². The summed E-state index contributed by atoms with van der Waals surface area (Å²) in [4.78, 5) is 19.9. The zero-order chi connectivity index (χ0) is 21.5. The van der Waals surface area contributed by atoms with Crippen LogP contribution in [0.25, 0.3) is 22.4 Å². The minimum Gasteiger partial charge on any atom is -0.338 e. The molecule has 8 heteroatoms. The molecule has 4 aromatic rings. The molecule has 1 amide bonds. The number of hydrogen-bond acceptors (Lipinski definition) is 4. The molecule has 1 aromatic heterocycles. The Labute approximate surface area is 172 Å². The van der Waals surface area contributed by atoms with Crippen molar-refractivity contribution in [3.63, 3.8) is 0 Å². The summed E-state index contributed by atoms with van der Waals surface area (Å²) < 4.78 is 37.7. The molecule has 3 aromatic carbocycles. The molecular formula is C22H18FN3O3S. The van der Waals surface area contributed by atoms with Gasteiger partial charge in [0.05, 0.1) is 11.0 Å². The van der Waals surface area contributed by atoms with Gasteiger partial charge in [-0.05, 0) is 61.0 Å². The lowest BCUT2D eigenvalue weighted by Gasteiger charge is -2.10. The molecular weight excluding hydrogens is 405 g/mol. The summed E-state index contributed by atoms with van der Waals surface area (Å²) in [6.45, 7) is 1.42. The molecule has 0 atom stereocenters. The number of hydrogen-bond donors (Lipinski definition) is 2. The largest absolute Gasteiger partial charge is 0.338 e. The molecule has 6 nitrogen and oxygen atoms in total. The van der Waals surface area contributed by atoms with Gasteiger partial charge in [-0.1, -0.05) is 12.1 Å². The van der Waals surface area contributed by atoms with Gasteiger partial charge in [-0.2, -0.15) is 0 Å². The molecule has 0 spiro atoms. The summed E-state index contributed by atoms with van der Waals surface area (Å²) in [5, 5.41) is 2.70. The molecule has 2 N–H and O–H groups in total. The van der Waals surface area contributed by atoms with Crippen LogP contribution in [0.5, 0.6) is 0 Å². The second-order valence-corrected chi connectivity index (χ2v) is 9.00. The van der Waals surface area contributed by atoms with Crippen molar-refractivity contribution in [2.24, 2.45) is 0 Å². The minimum atomic E-state index is -3.80. The first-order chi connectivity index (χ1) is 14.2. The third-order valence-electron chi connectivity index (χ3n) is 4.69. The Morgan fingerprint density at radius 1 is 1.07 bits per heavy atom. The zero-order valence-corrected chi connectivity index (χ0v) is 17.0. The number of nitrogens with zero attached hydrogens (tertiary/aromatic N) is 1. The van der Waals surface area contributed by atoms with Crippen molar-refractivity contribution in [1.29, 1.82) is 0 Å². The van der Waals surface area contributed by atoms with E-state index in [1.54, 1.807) is 12.1 Å². The average Bonchev–Trinajstić information content (AvgIpc) is 3.13. The lowest BCUT2D eigenvalue weighted by atomic mass is 10.1. The lowest BCUT2D eigenvalue weighted by molar-refractivity contribution is 0.102. The summed E-state index contributed by atoms with van der Waals surface area (Å²) in [6, 6.07) is 17.1. The van der Waals surface area contributed by atoms with Gasteiger partial charge in [0, 0.05) is 23.1 Å². The molecule has 4 rings (SSSR count). The Hall–Kier alpha value is -3.52. The zero-order valence-electron chi connectivity index (χ0n) is 16.2. The molecule has 30 heavy (non-hydrogen) atoms. The number of anilines is 1. The highest BCUT2D eigenvalue weighted by molar-refractivity contribution is 7.90. The Morgan fingerprint density at radius 3 is 2.43 bits per heavy atom. The second-order valence-electron chi connectivity index (χ2n) is 7.01. The highest BCUT2D eigenvalue weighted by Gasteiger charge is 2.19. The minimum absolute atomic E-state index is 0.0654. The number of para-hydroxylation sites is 2. The molecule has 0 fully saturated rings. The van der Waals surface area contributed by atoms with Gasteiger partial charge in [-0.25, -0.2) is 17.8 Å². The first-order valence-corrected chi connectivity index (χ1v) is 11.0. The maximum atomic E-state index is 14.1. The molecule has 1 heterocycles. The molecule has 152 valence electrons. The quantitative estimate of drug-likeness (QED) is 0.511. The third-order valence-corrected chi connectivity index (χ3v) is 5.78. The molecule has 0 saturated carbocycles. The predicted octanol–water partition coefficient (Wildman–Crippen LogP) is 4.33. The number of aryl methyl sites for hydroxylation is 1. The fourth-order valence-corrected chi connectivity index (χ4v) is 3.97. The van der Waals surface area contributed by atoms with Gasteiger partial charge in [-0.15, -0.1) is 0 Å². The van der Waals surface area contributed by atoms with Crippen molar-refractivity contribution < 1.29 is 17.6 Å². The SMILES string of the molecule is Cc1cc(C(=O)Nc2ccc(-c3nc4ccccc4[nH]3)cc2)cc(S(C)(=O)=O)c1F. The van der Waals surface area contributed by atoms with Crippen molar-refractivity contribution in [2.75, 3.05) is 11.6 Å². The number of halogens is 1. The third kappa shape index (κ3) is 3.81. The van der Waals surface area contributed by atoms with Gasteiger partial charge in [0.2, 0.25) is 0 Å². The van der Waals surface area contributed by atoms with E-state index in [4.69, 9.17) is 0 Å². The number of aromatic amines is 1. The summed E-state index contributed by atoms with van der Waals surface area (Å²) in [5.74, 6) is -0.662. The Bertz CT molecular complexity index is 1340. The number of sulfone groups is 1. The van der Waals surface area contributed by atoms with E-state index in [1.165, 1.54) is 13.0 Å². The smallest absolute Gasteiger partial charge is 0.255 e.